The molecule has 0 aliphatic carbocycles. The second-order valence-electron chi connectivity index (χ2n) is 6.50. The Labute approximate surface area is 114 Å². The fraction of sp³-hybridized carbons (Fsp3) is 0.857. The van der Waals surface area contributed by atoms with Crippen LogP contribution in [-0.2, 0) is 9.59 Å². The lowest BCUT2D eigenvalue weighted by molar-refractivity contribution is -0.155. The zero-order valence-corrected chi connectivity index (χ0v) is 12.0. The number of amides is 1. The minimum Gasteiger partial charge on any atom is -0.480 e. The van der Waals surface area contributed by atoms with Crippen molar-refractivity contribution in [2.45, 2.75) is 63.6 Å². The van der Waals surface area contributed by atoms with Gasteiger partial charge in [0.2, 0.25) is 5.91 Å². The maximum absolute atomic E-state index is 12.2. The number of nitrogens with zero attached hydrogens (tertiary/aromatic N) is 1. The fourth-order valence-electron chi connectivity index (χ4n) is 3.18. The average Bonchev–Trinajstić information content (AvgIpc) is 2.67. The molecule has 19 heavy (non-hydrogen) atoms. The highest BCUT2D eigenvalue weighted by Crippen LogP contribution is 2.33. The molecule has 5 nitrogen and oxygen atoms in total. The largest absolute Gasteiger partial charge is 0.480 e. The Morgan fingerprint density at radius 3 is 2.26 bits per heavy atom. The molecule has 2 atom stereocenters. The third-order valence-electron chi connectivity index (χ3n) is 4.77. The van der Waals surface area contributed by atoms with Crippen molar-refractivity contribution in [2.75, 3.05) is 7.05 Å². The van der Waals surface area contributed by atoms with E-state index in [1.54, 1.807) is 20.9 Å². The molecule has 2 aliphatic heterocycles. The van der Waals surface area contributed by atoms with E-state index in [0.29, 0.717) is 24.4 Å². The SMILES string of the molecule is CN(C(=O)CC1CC2CCC(C1)N2)C(C)(C)C(=O)O. The number of carbonyl (C=O) groups excluding carboxylic acids is 1. The summed E-state index contributed by atoms with van der Waals surface area (Å²) in [7, 11) is 1.59. The van der Waals surface area contributed by atoms with Gasteiger partial charge in [-0.2, -0.15) is 0 Å². The zero-order valence-electron chi connectivity index (χ0n) is 12.0. The van der Waals surface area contributed by atoms with Gasteiger partial charge < -0.3 is 15.3 Å². The van der Waals surface area contributed by atoms with Gasteiger partial charge in [-0.3, -0.25) is 4.79 Å². The van der Waals surface area contributed by atoms with Crippen LogP contribution in [0.4, 0.5) is 0 Å². The van der Waals surface area contributed by atoms with E-state index in [4.69, 9.17) is 5.11 Å². The van der Waals surface area contributed by atoms with Crippen molar-refractivity contribution in [2.24, 2.45) is 5.92 Å². The number of carboxylic acids is 1. The minimum absolute atomic E-state index is 0.0568. The predicted octanol–water partition coefficient (Wildman–Crippen LogP) is 1.23. The highest BCUT2D eigenvalue weighted by Gasteiger charge is 2.38. The molecule has 2 aliphatic rings. The Balaban J connectivity index is 1.92. The first kappa shape index (κ1) is 14.3. The van der Waals surface area contributed by atoms with Crippen molar-refractivity contribution >= 4 is 11.9 Å². The number of carbonyl (C=O) groups is 2. The summed E-state index contributed by atoms with van der Waals surface area (Å²) >= 11 is 0. The van der Waals surface area contributed by atoms with Gasteiger partial charge in [-0.15, -0.1) is 0 Å². The zero-order chi connectivity index (χ0) is 14.2. The summed E-state index contributed by atoms with van der Waals surface area (Å²) in [5.41, 5.74) is -1.14. The van der Waals surface area contributed by atoms with E-state index in [9.17, 15) is 9.59 Å². The molecule has 0 aromatic rings. The number of carboxylic acid groups (broad SMARTS) is 1. The molecule has 2 heterocycles. The number of piperidine rings is 1. The summed E-state index contributed by atoms with van der Waals surface area (Å²) in [5, 5.41) is 12.7. The second-order valence-corrected chi connectivity index (χ2v) is 6.50. The van der Waals surface area contributed by atoms with Gasteiger partial charge in [-0.05, 0) is 45.4 Å². The van der Waals surface area contributed by atoms with Crippen LogP contribution in [0.25, 0.3) is 0 Å². The number of likely N-dealkylation sites (N-methyl/N-ethyl adjacent to an activating group) is 1. The van der Waals surface area contributed by atoms with Crippen molar-refractivity contribution in [1.82, 2.24) is 10.2 Å². The van der Waals surface area contributed by atoms with Crippen LogP contribution in [-0.4, -0.2) is 46.6 Å². The van der Waals surface area contributed by atoms with Crippen molar-refractivity contribution in [1.29, 1.82) is 0 Å². The van der Waals surface area contributed by atoms with Gasteiger partial charge in [-0.1, -0.05) is 0 Å². The van der Waals surface area contributed by atoms with Crippen LogP contribution in [0.2, 0.25) is 0 Å². The molecular formula is C14H24N2O3. The lowest BCUT2D eigenvalue weighted by Crippen LogP contribution is -2.51. The predicted molar refractivity (Wildman–Crippen MR) is 71.8 cm³/mol. The smallest absolute Gasteiger partial charge is 0.329 e. The van der Waals surface area contributed by atoms with E-state index in [1.807, 2.05) is 0 Å². The van der Waals surface area contributed by atoms with Gasteiger partial charge >= 0.3 is 5.97 Å². The number of rotatable bonds is 4. The molecule has 2 saturated heterocycles. The van der Waals surface area contributed by atoms with Crippen LogP contribution < -0.4 is 5.32 Å². The van der Waals surface area contributed by atoms with Crippen LogP contribution in [0.15, 0.2) is 0 Å². The van der Waals surface area contributed by atoms with Gasteiger partial charge in [-0.25, -0.2) is 4.79 Å². The van der Waals surface area contributed by atoms with E-state index in [-0.39, 0.29) is 5.91 Å². The molecule has 2 N–H and O–H groups in total. The lowest BCUT2D eigenvalue weighted by atomic mass is 9.88. The summed E-state index contributed by atoms with van der Waals surface area (Å²) in [6, 6.07) is 1.13. The van der Waals surface area contributed by atoms with Gasteiger partial charge in [0.05, 0.1) is 0 Å². The normalized spacial score (nSPS) is 30.2. The number of fused-ring (bicyclic) bond motifs is 2. The van der Waals surface area contributed by atoms with Crippen LogP contribution in [0.3, 0.4) is 0 Å². The van der Waals surface area contributed by atoms with Gasteiger partial charge in [0.25, 0.3) is 0 Å². The summed E-state index contributed by atoms with van der Waals surface area (Å²) in [5.74, 6) is -0.620. The highest BCUT2D eigenvalue weighted by atomic mass is 16.4. The summed E-state index contributed by atoms with van der Waals surface area (Å²) < 4.78 is 0. The molecule has 0 radical (unpaired) electrons. The summed E-state index contributed by atoms with van der Waals surface area (Å²) in [6.07, 6.45) is 4.99. The molecule has 2 unspecified atom stereocenters. The van der Waals surface area contributed by atoms with Gasteiger partial charge in [0.1, 0.15) is 5.54 Å². The van der Waals surface area contributed by atoms with Crippen molar-refractivity contribution in [3.8, 4) is 0 Å². The molecule has 5 heteroatoms. The average molecular weight is 268 g/mol. The number of hydrogen-bond acceptors (Lipinski definition) is 3. The number of nitrogens with one attached hydrogen (secondary N) is 1. The molecule has 2 fully saturated rings. The molecule has 0 aromatic carbocycles. The molecule has 0 saturated carbocycles. The third-order valence-corrected chi connectivity index (χ3v) is 4.77. The Hall–Kier alpha value is -1.10. The Morgan fingerprint density at radius 1 is 1.26 bits per heavy atom. The molecule has 108 valence electrons. The first-order valence-electron chi connectivity index (χ1n) is 7.06. The van der Waals surface area contributed by atoms with Gasteiger partial charge in [0.15, 0.2) is 0 Å². The Bertz CT molecular complexity index is 369. The van der Waals surface area contributed by atoms with E-state index < -0.39 is 11.5 Å². The quantitative estimate of drug-likeness (QED) is 0.804. The Morgan fingerprint density at radius 2 is 1.79 bits per heavy atom. The molecule has 0 aromatic heterocycles. The van der Waals surface area contributed by atoms with E-state index in [1.165, 1.54) is 17.7 Å². The van der Waals surface area contributed by atoms with Crippen LogP contribution >= 0.6 is 0 Å². The number of hydrogen-bond donors (Lipinski definition) is 2. The van der Waals surface area contributed by atoms with Crippen molar-refractivity contribution in [3.63, 3.8) is 0 Å². The molecule has 2 bridgehead atoms. The van der Waals surface area contributed by atoms with E-state index in [0.717, 1.165) is 12.8 Å². The topological polar surface area (TPSA) is 69.6 Å². The molecule has 2 rings (SSSR count). The maximum Gasteiger partial charge on any atom is 0.329 e. The van der Waals surface area contributed by atoms with E-state index >= 15 is 0 Å². The van der Waals surface area contributed by atoms with Crippen LogP contribution in [0, 0.1) is 5.92 Å². The maximum atomic E-state index is 12.2. The number of aliphatic carboxylic acids is 1. The minimum atomic E-state index is -1.14. The highest BCUT2D eigenvalue weighted by molar-refractivity contribution is 5.86. The summed E-state index contributed by atoms with van der Waals surface area (Å²) in [4.78, 5) is 24.8. The summed E-state index contributed by atoms with van der Waals surface area (Å²) in [6.45, 7) is 3.14. The van der Waals surface area contributed by atoms with Gasteiger partial charge in [0, 0.05) is 25.6 Å². The van der Waals surface area contributed by atoms with Crippen LogP contribution in [0.5, 0.6) is 0 Å². The first-order valence-corrected chi connectivity index (χ1v) is 7.06. The standard InChI is InChI=1S/C14H24N2O3/c1-14(2,13(18)19)16(3)12(17)8-9-6-10-4-5-11(7-9)15-10/h9-11,15H,4-8H2,1-3H3,(H,18,19). The monoisotopic (exact) mass is 268 g/mol. The second kappa shape index (κ2) is 5.12. The molecular weight excluding hydrogens is 244 g/mol. The lowest BCUT2D eigenvalue weighted by Gasteiger charge is -2.34. The van der Waals surface area contributed by atoms with Crippen LogP contribution in [0.1, 0.15) is 46.0 Å². The Kier molecular flexibility index (Phi) is 3.85. The molecule has 0 spiro atoms. The van der Waals surface area contributed by atoms with Crippen molar-refractivity contribution in [3.05, 3.63) is 0 Å². The first-order chi connectivity index (χ1) is 8.80. The van der Waals surface area contributed by atoms with Crippen molar-refractivity contribution < 1.29 is 14.7 Å². The molecule has 1 amide bonds. The fourth-order valence-corrected chi connectivity index (χ4v) is 3.18. The van der Waals surface area contributed by atoms with E-state index in [2.05, 4.69) is 5.32 Å². The third kappa shape index (κ3) is 2.91.